The summed E-state index contributed by atoms with van der Waals surface area (Å²) in [5.41, 5.74) is 0. The fourth-order valence-corrected chi connectivity index (χ4v) is 0.337. The number of hydrogen-bond donors (Lipinski definition) is 1. The lowest BCUT2D eigenvalue weighted by atomic mass is 10.2. The first-order chi connectivity index (χ1) is 3.77. The molecule has 0 aliphatic heterocycles. The van der Waals surface area contributed by atoms with Gasteiger partial charge in [0, 0.05) is 12.8 Å². The zero-order valence-electron chi connectivity index (χ0n) is 5.69. The van der Waals surface area contributed by atoms with Crippen molar-refractivity contribution in [2.45, 2.75) is 19.3 Å². The Bertz CT molecular complexity index is 97.0. The van der Waals surface area contributed by atoms with E-state index in [1.807, 2.05) is 0 Å². The first-order valence-corrected chi connectivity index (χ1v) is 2.43. The molecule has 0 aromatic rings. The van der Waals surface area contributed by atoms with E-state index in [-0.39, 0.29) is 43.6 Å². The molecule has 0 aliphatic rings. The zero-order chi connectivity index (χ0) is 6.41. The molecule has 1 N–H and O–H groups in total. The fraction of sp³-hybridized carbons (Fsp3) is 0.600. The van der Waals surface area contributed by atoms with Crippen LogP contribution in [-0.2, 0) is 9.59 Å². The van der Waals surface area contributed by atoms with Crippen LogP contribution < -0.4 is 0 Å². The van der Waals surface area contributed by atoms with Crippen LogP contribution in [0, 0.1) is 0 Å². The number of carbonyl (C=O) groups excluding carboxylic acids is 1. The molecule has 3 nitrogen and oxygen atoms in total. The molecule has 0 atom stereocenters. The molecule has 0 radical (unpaired) electrons. The maximum Gasteiger partial charge on any atom is 0.303 e. The van der Waals surface area contributed by atoms with Crippen molar-refractivity contribution in [1.29, 1.82) is 0 Å². The average Bonchev–Trinajstić information content (AvgIpc) is 1.66. The number of carbonyl (C=O) groups is 2. The average molecular weight is 225 g/mol. The van der Waals surface area contributed by atoms with Gasteiger partial charge in [0.05, 0.1) is 0 Å². The van der Waals surface area contributed by atoms with Crippen LogP contribution in [0.1, 0.15) is 19.3 Å². The Kier molecular flexibility index (Phi) is 33.8. The minimum absolute atomic E-state index is 0. The number of unbranched alkanes of at least 4 members (excludes halogenated alkanes) is 1. The number of rotatable bonds is 4. The number of aldehydes is 1. The largest absolute Gasteiger partial charge is 0.481 e. The predicted molar refractivity (Wildman–Crippen MR) is 49.3 cm³/mol. The molecule has 0 aromatic heterocycles. The van der Waals surface area contributed by atoms with Crippen molar-refractivity contribution < 1.29 is 14.7 Å². The summed E-state index contributed by atoms with van der Waals surface area (Å²) < 4.78 is 0. The number of hydrogen-bond acceptors (Lipinski definition) is 2. The molecule has 0 fully saturated rings. The first kappa shape index (κ1) is 22.5. The maximum absolute atomic E-state index is 9.76. The van der Waals surface area contributed by atoms with Gasteiger partial charge >= 0.3 is 5.97 Å². The molecule has 0 saturated carbocycles. The lowest BCUT2D eigenvalue weighted by Crippen LogP contribution is -1.93. The highest BCUT2D eigenvalue weighted by molar-refractivity contribution is 5.86. The van der Waals surface area contributed by atoms with Crippen LogP contribution in [0.15, 0.2) is 0 Å². The van der Waals surface area contributed by atoms with Crippen molar-refractivity contribution in [1.82, 2.24) is 0 Å². The first-order valence-electron chi connectivity index (χ1n) is 2.43. The fourth-order valence-electron chi connectivity index (χ4n) is 0.337. The van der Waals surface area contributed by atoms with Crippen molar-refractivity contribution in [3.8, 4) is 0 Å². The summed E-state index contributed by atoms with van der Waals surface area (Å²) in [6.45, 7) is 0. The molecule has 0 bridgehead atoms. The second kappa shape index (κ2) is 16.5. The van der Waals surface area contributed by atoms with Gasteiger partial charge in [0.2, 0.25) is 0 Å². The monoisotopic (exact) mass is 224 g/mol. The number of halogens is 3. The van der Waals surface area contributed by atoms with Crippen LogP contribution in [-0.4, -0.2) is 17.4 Å². The van der Waals surface area contributed by atoms with E-state index < -0.39 is 5.97 Å². The molecule has 11 heavy (non-hydrogen) atoms. The summed E-state index contributed by atoms with van der Waals surface area (Å²) in [4.78, 5) is 19.4. The van der Waals surface area contributed by atoms with E-state index in [0.29, 0.717) is 12.8 Å². The standard InChI is InChI=1S/C5H8O3.3ClH/c6-4-2-1-3-5(7)8;;;/h4H,1-3H2,(H,7,8);3*1H. The topological polar surface area (TPSA) is 54.4 Å². The predicted octanol–water partition coefficient (Wildman–Crippen LogP) is 1.71. The molecule has 0 spiro atoms. The molecule has 6 heteroatoms. The van der Waals surface area contributed by atoms with E-state index in [4.69, 9.17) is 5.11 Å². The van der Waals surface area contributed by atoms with Crippen LogP contribution in [0.25, 0.3) is 0 Å². The second-order valence-electron chi connectivity index (χ2n) is 1.45. The molecule has 0 saturated heterocycles. The summed E-state index contributed by atoms with van der Waals surface area (Å²) in [6.07, 6.45) is 1.63. The lowest BCUT2D eigenvalue weighted by Gasteiger charge is -1.85. The Morgan fingerprint density at radius 1 is 1.27 bits per heavy atom. The van der Waals surface area contributed by atoms with Gasteiger partial charge in [0.15, 0.2) is 0 Å². The van der Waals surface area contributed by atoms with Gasteiger partial charge in [-0.2, -0.15) is 0 Å². The van der Waals surface area contributed by atoms with Crippen molar-refractivity contribution in [3.63, 3.8) is 0 Å². The summed E-state index contributed by atoms with van der Waals surface area (Å²) in [6, 6.07) is 0. The summed E-state index contributed by atoms with van der Waals surface area (Å²) in [7, 11) is 0. The van der Waals surface area contributed by atoms with Crippen molar-refractivity contribution in [2.24, 2.45) is 0 Å². The van der Waals surface area contributed by atoms with Gasteiger partial charge < -0.3 is 9.90 Å². The van der Waals surface area contributed by atoms with E-state index in [9.17, 15) is 9.59 Å². The summed E-state index contributed by atoms with van der Waals surface area (Å²) in [5, 5.41) is 8.02. The van der Waals surface area contributed by atoms with Gasteiger partial charge in [0.25, 0.3) is 0 Å². The Balaban J connectivity index is -0.0000000817. The smallest absolute Gasteiger partial charge is 0.303 e. The van der Waals surface area contributed by atoms with E-state index in [0.717, 1.165) is 6.29 Å². The molecular formula is C5H11Cl3O3. The number of carboxylic acid groups (broad SMARTS) is 1. The summed E-state index contributed by atoms with van der Waals surface area (Å²) in [5.74, 6) is -0.841. The van der Waals surface area contributed by atoms with E-state index >= 15 is 0 Å². The normalized spacial score (nSPS) is 6.18. The van der Waals surface area contributed by atoms with Crippen LogP contribution in [0.5, 0.6) is 0 Å². The highest BCUT2D eigenvalue weighted by Gasteiger charge is 1.93. The molecular weight excluding hydrogens is 214 g/mol. The maximum atomic E-state index is 9.76. The van der Waals surface area contributed by atoms with Crippen molar-refractivity contribution in [2.75, 3.05) is 0 Å². The van der Waals surface area contributed by atoms with Crippen molar-refractivity contribution >= 4 is 49.5 Å². The highest BCUT2D eigenvalue weighted by Crippen LogP contribution is 1.90. The van der Waals surface area contributed by atoms with Crippen LogP contribution in [0.2, 0.25) is 0 Å². The third-order valence-electron chi connectivity index (χ3n) is 0.713. The summed E-state index contributed by atoms with van der Waals surface area (Å²) >= 11 is 0. The Hall–Kier alpha value is 0.01000. The van der Waals surface area contributed by atoms with Gasteiger partial charge in [0.1, 0.15) is 6.29 Å². The van der Waals surface area contributed by atoms with Gasteiger partial charge in [-0.15, -0.1) is 37.2 Å². The number of carboxylic acids is 1. The van der Waals surface area contributed by atoms with Gasteiger partial charge in [-0.05, 0) is 6.42 Å². The van der Waals surface area contributed by atoms with E-state index in [2.05, 4.69) is 0 Å². The van der Waals surface area contributed by atoms with Crippen LogP contribution in [0.4, 0.5) is 0 Å². The van der Waals surface area contributed by atoms with E-state index in [1.165, 1.54) is 0 Å². The molecule has 0 amide bonds. The van der Waals surface area contributed by atoms with E-state index in [1.54, 1.807) is 0 Å². The highest BCUT2D eigenvalue weighted by atomic mass is 35.5. The molecule has 70 valence electrons. The third kappa shape index (κ3) is 25.6. The molecule has 0 rings (SSSR count). The Morgan fingerprint density at radius 2 is 1.73 bits per heavy atom. The molecule has 0 aromatic carbocycles. The van der Waals surface area contributed by atoms with Gasteiger partial charge in [-0.25, -0.2) is 0 Å². The lowest BCUT2D eigenvalue weighted by molar-refractivity contribution is -0.137. The molecule has 0 unspecified atom stereocenters. The zero-order valence-corrected chi connectivity index (χ0v) is 8.14. The Morgan fingerprint density at radius 3 is 2.00 bits per heavy atom. The van der Waals surface area contributed by atoms with Crippen LogP contribution in [0.3, 0.4) is 0 Å². The van der Waals surface area contributed by atoms with Crippen molar-refractivity contribution in [3.05, 3.63) is 0 Å². The van der Waals surface area contributed by atoms with Gasteiger partial charge in [-0.1, -0.05) is 0 Å². The minimum Gasteiger partial charge on any atom is -0.481 e. The van der Waals surface area contributed by atoms with Gasteiger partial charge in [-0.3, -0.25) is 4.79 Å². The Labute approximate surface area is 83.8 Å². The second-order valence-corrected chi connectivity index (χ2v) is 1.45. The van der Waals surface area contributed by atoms with Crippen LogP contribution >= 0.6 is 37.2 Å². The molecule has 0 aliphatic carbocycles. The molecule has 0 heterocycles. The quantitative estimate of drug-likeness (QED) is 0.585. The third-order valence-corrected chi connectivity index (χ3v) is 0.713. The number of aliphatic carboxylic acids is 1. The SMILES string of the molecule is Cl.Cl.Cl.O=CCCCC(=O)O. The minimum atomic E-state index is -0.841.